The lowest BCUT2D eigenvalue weighted by atomic mass is 10.4. The van der Waals surface area contributed by atoms with Crippen molar-refractivity contribution >= 4 is 39.8 Å². The predicted molar refractivity (Wildman–Crippen MR) is 66.2 cm³/mol. The number of esters is 4. The van der Waals surface area contributed by atoms with Crippen molar-refractivity contribution in [3.63, 3.8) is 0 Å². The lowest BCUT2D eigenvalue weighted by molar-refractivity contribution is -0.170. The highest BCUT2D eigenvalue weighted by atomic mass is 79.9. The van der Waals surface area contributed by atoms with Gasteiger partial charge in [-0.3, -0.25) is 4.79 Å². The maximum Gasteiger partial charge on any atom is 0.354 e. The van der Waals surface area contributed by atoms with E-state index in [2.05, 4.69) is 30.1 Å². The maximum absolute atomic E-state index is 11.2. The first-order valence-electron chi connectivity index (χ1n) is 5.26. The van der Waals surface area contributed by atoms with E-state index in [4.69, 9.17) is 0 Å². The Hall–Kier alpha value is -1.70. The minimum absolute atomic E-state index is 0.151. The van der Waals surface area contributed by atoms with Crippen molar-refractivity contribution in [3.05, 3.63) is 12.2 Å². The molecule has 0 aliphatic carbocycles. The Morgan fingerprint density at radius 1 is 1.16 bits per heavy atom. The van der Waals surface area contributed by atoms with Gasteiger partial charge in [0, 0.05) is 12.2 Å². The molecule has 0 aliphatic heterocycles. The van der Waals surface area contributed by atoms with E-state index in [1.165, 1.54) is 6.92 Å². The van der Waals surface area contributed by atoms with Gasteiger partial charge in [-0.25, -0.2) is 14.4 Å². The van der Waals surface area contributed by atoms with E-state index >= 15 is 0 Å². The minimum atomic E-state index is -1.26. The van der Waals surface area contributed by atoms with Crippen LogP contribution in [0.5, 0.6) is 0 Å². The molecule has 0 saturated carbocycles. The molecule has 19 heavy (non-hydrogen) atoms. The second kappa shape index (κ2) is 9.26. The Balaban J connectivity index is 4.22. The fourth-order valence-electron chi connectivity index (χ4n) is 0.811. The van der Waals surface area contributed by atoms with E-state index < -0.39 is 30.0 Å². The van der Waals surface area contributed by atoms with Crippen LogP contribution in [0.25, 0.3) is 0 Å². The molecule has 0 bridgehead atoms. The van der Waals surface area contributed by atoms with Gasteiger partial charge in [-0.2, -0.15) is 0 Å². The van der Waals surface area contributed by atoms with Crippen molar-refractivity contribution in [3.8, 4) is 0 Å². The third-order valence-electron chi connectivity index (χ3n) is 1.59. The molecular weight excluding hydrogens is 324 g/mol. The predicted octanol–water partition coefficient (Wildman–Crippen LogP) is 0.502. The summed E-state index contributed by atoms with van der Waals surface area (Å²) < 4.78 is 13.5. The molecule has 1 atom stereocenters. The molecule has 1 unspecified atom stereocenters. The summed E-state index contributed by atoms with van der Waals surface area (Å²) in [5.41, 5.74) is 0. The Bertz CT molecular complexity index is 389. The monoisotopic (exact) mass is 336 g/mol. The second-order valence-electron chi connectivity index (χ2n) is 3.09. The van der Waals surface area contributed by atoms with Crippen LogP contribution in [0.15, 0.2) is 12.2 Å². The zero-order valence-electron chi connectivity index (χ0n) is 10.4. The van der Waals surface area contributed by atoms with Crippen LogP contribution in [-0.2, 0) is 33.4 Å². The third-order valence-corrected chi connectivity index (χ3v) is 2.05. The number of hydrogen-bond donors (Lipinski definition) is 0. The van der Waals surface area contributed by atoms with Gasteiger partial charge in [-0.05, 0) is 13.8 Å². The van der Waals surface area contributed by atoms with Crippen LogP contribution in [0.2, 0.25) is 0 Å². The van der Waals surface area contributed by atoms with Gasteiger partial charge in [-0.1, -0.05) is 15.9 Å². The normalized spacial score (nSPS) is 11.7. The summed E-state index contributed by atoms with van der Waals surface area (Å²) in [5, 5.41) is -0.151. The fourth-order valence-corrected chi connectivity index (χ4v) is 0.925. The van der Waals surface area contributed by atoms with Crippen LogP contribution in [0, 0.1) is 0 Å². The van der Waals surface area contributed by atoms with Gasteiger partial charge >= 0.3 is 23.9 Å². The first kappa shape index (κ1) is 17.3. The minimum Gasteiger partial charge on any atom is -0.463 e. The molecule has 106 valence electrons. The van der Waals surface area contributed by atoms with Crippen LogP contribution >= 0.6 is 15.9 Å². The molecule has 0 rings (SSSR count). The molecular formula is C11H13BrO7. The number of carbonyl (C=O) groups is 4. The van der Waals surface area contributed by atoms with Gasteiger partial charge in [0.05, 0.1) is 6.61 Å². The average Bonchev–Trinajstić information content (AvgIpc) is 2.36. The first-order chi connectivity index (χ1) is 8.90. The van der Waals surface area contributed by atoms with Crippen molar-refractivity contribution in [2.24, 2.45) is 0 Å². The summed E-state index contributed by atoms with van der Waals surface area (Å²) in [6, 6.07) is 0. The van der Waals surface area contributed by atoms with Gasteiger partial charge in [0.2, 0.25) is 0 Å². The lowest BCUT2D eigenvalue weighted by Gasteiger charge is -2.09. The average molecular weight is 337 g/mol. The third kappa shape index (κ3) is 8.09. The Morgan fingerprint density at radius 2 is 1.74 bits per heavy atom. The number of hydrogen-bond acceptors (Lipinski definition) is 7. The van der Waals surface area contributed by atoms with E-state index in [1.54, 1.807) is 6.92 Å². The quantitative estimate of drug-likeness (QED) is 0.229. The van der Waals surface area contributed by atoms with Crippen LogP contribution in [0.3, 0.4) is 0 Å². The summed E-state index contributed by atoms with van der Waals surface area (Å²) in [7, 11) is 0. The number of rotatable bonds is 6. The van der Waals surface area contributed by atoms with Crippen molar-refractivity contribution in [1.82, 2.24) is 0 Å². The van der Waals surface area contributed by atoms with Crippen LogP contribution in [0.4, 0.5) is 0 Å². The van der Waals surface area contributed by atoms with Crippen molar-refractivity contribution < 1.29 is 33.4 Å². The molecule has 0 fully saturated rings. The Morgan fingerprint density at radius 3 is 2.26 bits per heavy atom. The first-order valence-corrected chi connectivity index (χ1v) is 6.38. The zero-order chi connectivity index (χ0) is 14.8. The Kier molecular flexibility index (Phi) is 8.43. The largest absolute Gasteiger partial charge is 0.463 e. The lowest BCUT2D eigenvalue weighted by Crippen LogP contribution is -2.28. The number of carbonyl (C=O) groups excluding carboxylic acids is 4. The van der Waals surface area contributed by atoms with Crippen molar-refractivity contribution in [2.75, 3.05) is 11.9 Å². The topological polar surface area (TPSA) is 96.0 Å². The highest BCUT2D eigenvalue weighted by Gasteiger charge is 2.20. The fraction of sp³-hybridized carbons (Fsp3) is 0.455. The van der Waals surface area contributed by atoms with Gasteiger partial charge in [0.1, 0.15) is 5.33 Å². The smallest absolute Gasteiger partial charge is 0.354 e. The van der Waals surface area contributed by atoms with E-state index in [1.807, 2.05) is 0 Å². The molecule has 0 aromatic heterocycles. The molecule has 0 radical (unpaired) electrons. The van der Waals surface area contributed by atoms with Gasteiger partial charge < -0.3 is 14.2 Å². The van der Waals surface area contributed by atoms with E-state index in [9.17, 15) is 19.2 Å². The summed E-state index contributed by atoms with van der Waals surface area (Å²) >= 11 is 2.80. The molecule has 8 heteroatoms. The van der Waals surface area contributed by atoms with E-state index in [-0.39, 0.29) is 11.9 Å². The molecule has 0 saturated heterocycles. The van der Waals surface area contributed by atoms with E-state index in [0.29, 0.717) is 0 Å². The summed E-state index contributed by atoms with van der Waals surface area (Å²) in [5.74, 6) is -3.43. The number of alkyl halides is 1. The standard InChI is InChI=1S/C11H13BrO7/c1-3-17-8(13)4-5-9(14)18-7(2)11(16)19-10(15)6-12/h4-5,7H,3,6H2,1-2H3/b5-4+. The summed E-state index contributed by atoms with van der Waals surface area (Å²) in [6.45, 7) is 3.03. The van der Waals surface area contributed by atoms with Crippen LogP contribution in [-0.4, -0.2) is 41.9 Å². The molecule has 0 spiro atoms. The summed E-state index contributed by atoms with van der Waals surface area (Å²) in [4.78, 5) is 44.1. The van der Waals surface area contributed by atoms with E-state index in [0.717, 1.165) is 12.2 Å². The Labute approximate surface area is 118 Å². The molecule has 0 aliphatic rings. The van der Waals surface area contributed by atoms with Crippen molar-refractivity contribution in [2.45, 2.75) is 20.0 Å². The highest BCUT2D eigenvalue weighted by molar-refractivity contribution is 9.09. The molecule has 7 nitrogen and oxygen atoms in total. The maximum atomic E-state index is 11.2. The SMILES string of the molecule is CCOC(=O)/C=C/C(=O)OC(C)C(=O)OC(=O)CBr. The zero-order valence-corrected chi connectivity index (χ0v) is 12.0. The molecule has 0 amide bonds. The molecule has 0 N–H and O–H groups in total. The molecule has 0 aromatic carbocycles. The number of ether oxygens (including phenoxy) is 3. The highest BCUT2D eigenvalue weighted by Crippen LogP contribution is 1.98. The van der Waals surface area contributed by atoms with Gasteiger partial charge in [-0.15, -0.1) is 0 Å². The van der Waals surface area contributed by atoms with Crippen molar-refractivity contribution in [1.29, 1.82) is 0 Å². The van der Waals surface area contributed by atoms with Gasteiger partial charge in [0.15, 0.2) is 6.10 Å². The summed E-state index contributed by atoms with van der Waals surface area (Å²) in [6.07, 6.45) is 0.420. The molecule has 0 heterocycles. The molecule has 0 aromatic rings. The van der Waals surface area contributed by atoms with Gasteiger partial charge in [0.25, 0.3) is 0 Å². The van der Waals surface area contributed by atoms with Crippen LogP contribution in [0.1, 0.15) is 13.8 Å². The van der Waals surface area contributed by atoms with Crippen LogP contribution < -0.4 is 0 Å². The second-order valence-corrected chi connectivity index (χ2v) is 3.65. The number of halogens is 1.